The molecule has 7 nitrogen and oxygen atoms in total. The monoisotopic (exact) mass is 388 g/mol. The quantitative estimate of drug-likeness (QED) is 0.583. The van der Waals surface area contributed by atoms with Gasteiger partial charge in [0, 0.05) is 45.2 Å². The van der Waals surface area contributed by atoms with Crippen molar-refractivity contribution in [1.29, 1.82) is 5.26 Å². The minimum Gasteiger partial charge on any atom is -0.493 e. The van der Waals surface area contributed by atoms with Crippen LogP contribution in [0, 0.1) is 11.3 Å². The molecule has 28 heavy (non-hydrogen) atoms. The van der Waals surface area contributed by atoms with Crippen molar-refractivity contribution in [3.63, 3.8) is 0 Å². The molecule has 1 N–H and O–H groups in total. The SMILES string of the molecule is CCN1CCN(CCCNC(=O)CCCOc2ccc(C#N)cc2OC)CC1. The van der Waals surface area contributed by atoms with Gasteiger partial charge in [0.15, 0.2) is 11.5 Å². The molecule has 0 aromatic heterocycles. The molecular formula is C21H32N4O3. The summed E-state index contributed by atoms with van der Waals surface area (Å²) in [7, 11) is 1.54. The van der Waals surface area contributed by atoms with Gasteiger partial charge in [0.2, 0.25) is 5.91 Å². The fourth-order valence-electron chi connectivity index (χ4n) is 3.22. The number of nitriles is 1. The van der Waals surface area contributed by atoms with Crippen LogP contribution in [-0.2, 0) is 4.79 Å². The highest BCUT2D eigenvalue weighted by Crippen LogP contribution is 2.27. The molecule has 0 saturated carbocycles. The summed E-state index contributed by atoms with van der Waals surface area (Å²) in [5.41, 5.74) is 0.524. The lowest BCUT2D eigenvalue weighted by molar-refractivity contribution is -0.121. The second-order valence-corrected chi connectivity index (χ2v) is 6.91. The Morgan fingerprint density at radius 2 is 1.93 bits per heavy atom. The topological polar surface area (TPSA) is 77.8 Å². The molecule has 1 aliphatic heterocycles. The van der Waals surface area contributed by atoms with E-state index in [9.17, 15) is 4.79 Å². The van der Waals surface area contributed by atoms with Gasteiger partial charge in [-0.05, 0) is 38.1 Å². The number of amides is 1. The lowest BCUT2D eigenvalue weighted by Gasteiger charge is -2.33. The Kier molecular flexibility index (Phi) is 9.60. The minimum absolute atomic E-state index is 0.0613. The van der Waals surface area contributed by atoms with Gasteiger partial charge in [0.05, 0.1) is 25.3 Å². The molecule has 1 aromatic rings. The Balaban J connectivity index is 1.54. The van der Waals surface area contributed by atoms with Crippen molar-refractivity contribution in [2.24, 2.45) is 0 Å². The third-order valence-corrected chi connectivity index (χ3v) is 4.98. The van der Waals surface area contributed by atoms with Crippen molar-refractivity contribution in [3.05, 3.63) is 23.8 Å². The molecule has 1 fully saturated rings. The Labute approximate surface area is 168 Å². The standard InChI is InChI=1S/C21H32N4O3/c1-3-24-11-13-25(14-12-24)10-5-9-23-21(26)6-4-15-28-19-8-7-18(17-22)16-20(19)27-2/h7-8,16H,3-6,9-15H2,1-2H3,(H,23,26). The second-order valence-electron chi connectivity index (χ2n) is 6.91. The number of benzene rings is 1. The molecule has 0 spiro atoms. The predicted molar refractivity (Wildman–Crippen MR) is 109 cm³/mol. The first-order valence-corrected chi connectivity index (χ1v) is 10.1. The van der Waals surface area contributed by atoms with Crippen molar-refractivity contribution in [2.45, 2.75) is 26.2 Å². The van der Waals surface area contributed by atoms with Gasteiger partial charge in [-0.25, -0.2) is 0 Å². The molecular weight excluding hydrogens is 356 g/mol. The van der Waals surface area contributed by atoms with E-state index in [1.807, 2.05) is 0 Å². The molecule has 154 valence electrons. The number of nitrogens with one attached hydrogen (secondary N) is 1. The molecule has 7 heteroatoms. The smallest absolute Gasteiger partial charge is 0.220 e. The number of methoxy groups -OCH3 is 1. The van der Waals surface area contributed by atoms with E-state index in [2.05, 4.69) is 28.1 Å². The number of ether oxygens (including phenoxy) is 2. The van der Waals surface area contributed by atoms with Gasteiger partial charge in [-0.2, -0.15) is 5.26 Å². The van der Waals surface area contributed by atoms with Crippen molar-refractivity contribution >= 4 is 5.91 Å². The Hall–Kier alpha value is -2.30. The summed E-state index contributed by atoms with van der Waals surface area (Å²) < 4.78 is 10.9. The zero-order valence-electron chi connectivity index (χ0n) is 17.1. The van der Waals surface area contributed by atoms with Crippen LogP contribution in [0.2, 0.25) is 0 Å². The number of rotatable bonds is 11. The highest BCUT2D eigenvalue weighted by molar-refractivity contribution is 5.75. The van der Waals surface area contributed by atoms with Crippen LogP contribution in [0.4, 0.5) is 0 Å². The summed E-state index contributed by atoms with van der Waals surface area (Å²) in [6, 6.07) is 7.12. The van der Waals surface area contributed by atoms with E-state index in [0.717, 1.165) is 52.2 Å². The first-order valence-electron chi connectivity index (χ1n) is 10.1. The van der Waals surface area contributed by atoms with E-state index in [1.54, 1.807) is 25.3 Å². The third kappa shape index (κ3) is 7.37. The molecule has 0 aliphatic carbocycles. The van der Waals surface area contributed by atoms with Gasteiger partial charge in [-0.1, -0.05) is 6.92 Å². The molecule has 0 radical (unpaired) electrons. The Bertz CT molecular complexity index is 652. The number of hydrogen-bond donors (Lipinski definition) is 1. The van der Waals surface area contributed by atoms with E-state index in [4.69, 9.17) is 14.7 Å². The predicted octanol–water partition coefficient (Wildman–Crippen LogP) is 1.87. The fraction of sp³-hybridized carbons (Fsp3) is 0.619. The molecule has 1 heterocycles. The molecule has 0 atom stereocenters. The summed E-state index contributed by atoms with van der Waals surface area (Å²) in [6.07, 6.45) is 2.05. The number of hydrogen-bond acceptors (Lipinski definition) is 6. The maximum atomic E-state index is 11.9. The van der Waals surface area contributed by atoms with E-state index in [0.29, 0.717) is 36.5 Å². The highest BCUT2D eigenvalue weighted by atomic mass is 16.5. The molecule has 0 unspecified atom stereocenters. The van der Waals surface area contributed by atoms with E-state index in [1.165, 1.54) is 0 Å². The Morgan fingerprint density at radius 3 is 2.61 bits per heavy atom. The zero-order valence-corrected chi connectivity index (χ0v) is 17.1. The van der Waals surface area contributed by atoms with Crippen LogP contribution in [0.15, 0.2) is 18.2 Å². The number of nitrogens with zero attached hydrogens (tertiary/aromatic N) is 3. The van der Waals surface area contributed by atoms with Gasteiger partial charge < -0.3 is 24.6 Å². The largest absolute Gasteiger partial charge is 0.493 e. The number of piperazine rings is 1. The Morgan fingerprint density at radius 1 is 1.18 bits per heavy atom. The fourth-order valence-corrected chi connectivity index (χ4v) is 3.22. The van der Waals surface area contributed by atoms with Crippen LogP contribution in [0.25, 0.3) is 0 Å². The van der Waals surface area contributed by atoms with Gasteiger partial charge in [0.25, 0.3) is 0 Å². The van der Waals surface area contributed by atoms with Gasteiger partial charge in [0.1, 0.15) is 0 Å². The average molecular weight is 389 g/mol. The lowest BCUT2D eigenvalue weighted by atomic mass is 10.2. The van der Waals surface area contributed by atoms with E-state index < -0.39 is 0 Å². The van der Waals surface area contributed by atoms with Crippen LogP contribution in [0.1, 0.15) is 31.7 Å². The van der Waals surface area contributed by atoms with Crippen molar-refractivity contribution in [2.75, 3.05) is 59.5 Å². The van der Waals surface area contributed by atoms with Crippen LogP contribution in [0.5, 0.6) is 11.5 Å². The second kappa shape index (κ2) is 12.2. The van der Waals surface area contributed by atoms with Crippen LogP contribution in [0.3, 0.4) is 0 Å². The zero-order chi connectivity index (χ0) is 20.2. The summed E-state index contributed by atoms with van der Waals surface area (Å²) in [5, 5.41) is 11.9. The van der Waals surface area contributed by atoms with Crippen molar-refractivity contribution in [1.82, 2.24) is 15.1 Å². The number of carbonyl (C=O) groups excluding carboxylic acids is 1. The molecule has 1 amide bonds. The molecule has 1 saturated heterocycles. The number of likely N-dealkylation sites (N-methyl/N-ethyl adjacent to an activating group) is 1. The van der Waals surface area contributed by atoms with Crippen molar-refractivity contribution in [3.8, 4) is 17.6 Å². The average Bonchev–Trinajstić information content (AvgIpc) is 2.74. The third-order valence-electron chi connectivity index (χ3n) is 4.98. The van der Waals surface area contributed by atoms with Gasteiger partial charge >= 0.3 is 0 Å². The minimum atomic E-state index is 0.0613. The van der Waals surface area contributed by atoms with Crippen LogP contribution >= 0.6 is 0 Å². The van der Waals surface area contributed by atoms with E-state index >= 15 is 0 Å². The molecule has 0 bridgehead atoms. The maximum absolute atomic E-state index is 11.9. The summed E-state index contributed by atoms with van der Waals surface area (Å²) in [6.45, 7) is 10.1. The maximum Gasteiger partial charge on any atom is 0.220 e. The normalized spacial score (nSPS) is 15.0. The van der Waals surface area contributed by atoms with Gasteiger partial charge in [-0.15, -0.1) is 0 Å². The lowest BCUT2D eigenvalue weighted by Crippen LogP contribution is -2.46. The first-order chi connectivity index (χ1) is 13.7. The molecule has 2 rings (SSSR count). The summed E-state index contributed by atoms with van der Waals surface area (Å²) in [5.74, 6) is 1.18. The molecule has 1 aromatic carbocycles. The van der Waals surface area contributed by atoms with E-state index in [-0.39, 0.29) is 5.91 Å². The van der Waals surface area contributed by atoms with Crippen LogP contribution in [-0.4, -0.2) is 75.2 Å². The van der Waals surface area contributed by atoms with Crippen LogP contribution < -0.4 is 14.8 Å². The summed E-state index contributed by atoms with van der Waals surface area (Å²) >= 11 is 0. The van der Waals surface area contributed by atoms with Gasteiger partial charge in [-0.3, -0.25) is 4.79 Å². The highest BCUT2D eigenvalue weighted by Gasteiger charge is 2.14. The number of carbonyl (C=O) groups is 1. The molecule has 1 aliphatic rings. The summed E-state index contributed by atoms with van der Waals surface area (Å²) in [4.78, 5) is 16.9. The first kappa shape index (κ1) is 22.0. The van der Waals surface area contributed by atoms with Crippen molar-refractivity contribution < 1.29 is 14.3 Å².